The summed E-state index contributed by atoms with van der Waals surface area (Å²) in [5, 5.41) is 1.35. The maximum absolute atomic E-state index is 2.83. The molecule has 1 heteroatoms. The zero-order chi connectivity index (χ0) is 10.6. The fourth-order valence-electron chi connectivity index (χ4n) is 1.93. The Balaban J connectivity index is 3.08. The molecule has 0 bridgehead atoms. The molecule has 0 aliphatic heterocycles. The van der Waals surface area contributed by atoms with Crippen molar-refractivity contribution in [3.8, 4) is 0 Å². The van der Waals surface area contributed by atoms with E-state index in [1.54, 1.807) is 11.1 Å². The molecule has 1 rings (SSSR count). The van der Waals surface area contributed by atoms with Gasteiger partial charge in [-0.1, -0.05) is 38.8 Å². The molecule has 14 heavy (non-hydrogen) atoms. The summed E-state index contributed by atoms with van der Waals surface area (Å²) >= 11 is 0. The van der Waals surface area contributed by atoms with Crippen LogP contribution in [0.2, 0.25) is 0 Å². The minimum absolute atomic E-state index is 1.22. The van der Waals surface area contributed by atoms with Crippen molar-refractivity contribution in [2.24, 2.45) is 0 Å². The van der Waals surface area contributed by atoms with Crippen LogP contribution < -0.4 is 5.30 Å². The highest BCUT2D eigenvalue weighted by atomic mass is 31.0. The van der Waals surface area contributed by atoms with Crippen LogP contribution in [0.4, 0.5) is 0 Å². The third kappa shape index (κ3) is 2.58. The van der Waals surface area contributed by atoms with Gasteiger partial charge in [0.25, 0.3) is 0 Å². The first-order valence-corrected chi connectivity index (χ1v) is 6.15. The lowest BCUT2D eigenvalue weighted by Crippen LogP contribution is -2.06. The molecule has 1 aromatic rings. The van der Waals surface area contributed by atoms with Crippen LogP contribution in [0.5, 0.6) is 0 Å². The fraction of sp³-hybridized carbons (Fsp3) is 0.538. The zero-order valence-corrected chi connectivity index (χ0v) is 10.7. The molecule has 0 heterocycles. The van der Waals surface area contributed by atoms with Crippen LogP contribution in [0, 0.1) is 6.92 Å². The van der Waals surface area contributed by atoms with Crippen LogP contribution in [0.3, 0.4) is 0 Å². The van der Waals surface area contributed by atoms with Crippen LogP contribution >= 0.6 is 9.24 Å². The molecule has 0 saturated carbocycles. The molecule has 0 N–H and O–H groups in total. The summed E-state index contributed by atoms with van der Waals surface area (Å²) in [4.78, 5) is 0. The smallest absolute Gasteiger partial charge is 0.0271 e. The average molecular weight is 208 g/mol. The van der Waals surface area contributed by atoms with Gasteiger partial charge in [0.05, 0.1) is 0 Å². The van der Waals surface area contributed by atoms with Crippen molar-refractivity contribution < 1.29 is 0 Å². The number of rotatable bonds is 4. The molecule has 1 aromatic carbocycles. The van der Waals surface area contributed by atoms with Gasteiger partial charge in [0, 0.05) is 0 Å². The summed E-state index contributed by atoms with van der Waals surface area (Å²) < 4.78 is 0. The number of aryl methyl sites for hydroxylation is 1. The van der Waals surface area contributed by atoms with Gasteiger partial charge >= 0.3 is 0 Å². The molecular weight excluding hydrogens is 187 g/mol. The van der Waals surface area contributed by atoms with Crippen molar-refractivity contribution in [1.29, 1.82) is 0 Å². The summed E-state index contributed by atoms with van der Waals surface area (Å²) in [6.45, 7) is 6.75. The van der Waals surface area contributed by atoms with Crippen LogP contribution in [0.1, 0.15) is 43.4 Å². The van der Waals surface area contributed by atoms with Crippen molar-refractivity contribution in [3.05, 3.63) is 28.8 Å². The van der Waals surface area contributed by atoms with E-state index in [2.05, 4.69) is 42.1 Å². The molecule has 0 aliphatic rings. The second-order valence-corrected chi connectivity index (χ2v) is 4.54. The Labute approximate surface area is 90.3 Å². The fourth-order valence-corrected chi connectivity index (χ4v) is 2.20. The van der Waals surface area contributed by atoms with E-state index in [1.807, 2.05) is 0 Å². The number of hydrogen-bond acceptors (Lipinski definition) is 0. The summed E-state index contributed by atoms with van der Waals surface area (Å²) in [6, 6.07) is 4.52. The highest BCUT2D eigenvalue weighted by molar-refractivity contribution is 7.27. The standard InChI is InChI=1S/C13H21P/c1-4-6-11-8-9-13(14)10(3)12(11)7-5-2/h8-9H,4-7,14H2,1-3H3. The Morgan fingerprint density at radius 3 is 2.29 bits per heavy atom. The van der Waals surface area contributed by atoms with Gasteiger partial charge < -0.3 is 0 Å². The minimum Gasteiger partial charge on any atom is -0.105 e. The van der Waals surface area contributed by atoms with Gasteiger partial charge in [0.2, 0.25) is 0 Å². The quantitative estimate of drug-likeness (QED) is 0.665. The summed E-state index contributed by atoms with van der Waals surface area (Å²) in [5.41, 5.74) is 4.61. The van der Waals surface area contributed by atoms with E-state index >= 15 is 0 Å². The van der Waals surface area contributed by atoms with Crippen LogP contribution in [-0.4, -0.2) is 0 Å². The van der Waals surface area contributed by atoms with E-state index in [0.29, 0.717) is 0 Å². The van der Waals surface area contributed by atoms with Crippen LogP contribution in [0.25, 0.3) is 0 Å². The molecule has 0 nitrogen and oxygen atoms in total. The maximum Gasteiger partial charge on any atom is -0.0271 e. The molecule has 78 valence electrons. The second kappa shape index (κ2) is 5.51. The van der Waals surface area contributed by atoms with Crippen molar-refractivity contribution >= 4 is 14.5 Å². The Morgan fingerprint density at radius 2 is 1.71 bits per heavy atom. The molecule has 0 aromatic heterocycles. The van der Waals surface area contributed by atoms with Crippen LogP contribution in [0.15, 0.2) is 12.1 Å². The predicted molar refractivity (Wildman–Crippen MR) is 68.5 cm³/mol. The van der Waals surface area contributed by atoms with E-state index in [4.69, 9.17) is 0 Å². The summed E-state index contributed by atoms with van der Waals surface area (Å²) in [5.74, 6) is 0. The lowest BCUT2D eigenvalue weighted by atomic mass is 9.95. The monoisotopic (exact) mass is 208 g/mol. The molecule has 0 amide bonds. The Kier molecular flexibility index (Phi) is 4.62. The van der Waals surface area contributed by atoms with Crippen molar-refractivity contribution in [3.63, 3.8) is 0 Å². The first-order chi connectivity index (χ1) is 6.70. The van der Waals surface area contributed by atoms with E-state index < -0.39 is 0 Å². The van der Waals surface area contributed by atoms with E-state index in [1.165, 1.54) is 36.6 Å². The molecule has 1 unspecified atom stereocenters. The first kappa shape index (κ1) is 11.7. The molecule has 0 saturated heterocycles. The summed E-state index contributed by atoms with van der Waals surface area (Å²) in [6.07, 6.45) is 4.93. The van der Waals surface area contributed by atoms with Crippen molar-refractivity contribution in [2.45, 2.75) is 46.5 Å². The lowest BCUT2D eigenvalue weighted by molar-refractivity contribution is 0.856. The molecule has 0 spiro atoms. The first-order valence-electron chi connectivity index (χ1n) is 5.57. The maximum atomic E-state index is 2.83. The predicted octanol–water partition coefficient (Wildman–Crippen LogP) is 3.40. The van der Waals surface area contributed by atoms with E-state index in [0.717, 1.165) is 0 Å². The highest BCUT2D eigenvalue weighted by Crippen LogP contribution is 2.18. The number of benzene rings is 1. The van der Waals surface area contributed by atoms with Gasteiger partial charge in [-0.3, -0.25) is 0 Å². The molecule has 0 radical (unpaired) electrons. The SMILES string of the molecule is CCCc1ccc(P)c(C)c1CCC. The minimum atomic E-state index is 1.22. The topological polar surface area (TPSA) is 0 Å². The Hall–Kier alpha value is -0.350. The van der Waals surface area contributed by atoms with Gasteiger partial charge in [-0.2, -0.15) is 0 Å². The van der Waals surface area contributed by atoms with Gasteiger partial charge in [0.1, 0.15) is 0 Å². The van der Waals surface area contributed by atoms with Crippen molar-refractivity contribution in [2.75, 3.05) is 0 Å². The Bertz CT molecular complexity index is 302. The Morgan fingerprint density at radius 1 is 1.07 bits per heavy atom. The molecular formula is C13H21P. The summed E-state index contributed by atoms with van der Waals surface area (Å²) in [7, 11) is 2.83. The second-order valence-electron chi connectivity index (χ2n) is 3.92. The number of hydrogen-bond donors (Lipinski definition) is 0. The van der Waals surface area contributed by atoms with Crippen LogP contribution in [-0.2, 0) is 12.8 Å². The highest BCUT2D eigenvalue weighted by Gasteiger charge is 2.06. The largest absolute Gasteiger partial charge is 0.105 e. The van der Waals surface area contributed by atoms with Gasteiger partial charge in [-0.05, 0) is 41.8 Å². The third-order valence-electron chi connectivity index (χ3n) is 2.76. The van der Waals surface area contributed by atoms with Gasteiger partial charge in [-0.15, -0.1) is 9.24 Å². The molecule has 0 aliphatic carbocycles. The van der Waals surface area contributed by atoms with E-state index in [9.17, 15) is 0 Å². The average Bonchev–Trinajstić information content (AvgIpc) is 2.18. The lowest BCUT2D eigenvalue weighted by Gasteiger charge is -2.13. The normalized spacial score (nSPS) is 10.6. The zero-order valence-electron chi connectivity index (χ0n) is 9.56. The van der Waals surface area contributed by atoms with Crippen molar-refractivity contribution in [1.82, 2.24) is 0 Å². The van der Waals surface area contributed by atoms with Gasteiger partial charge in [0.15, 0.2) is 0 Å². The molecule has 1 atom stereocenters. The van der Waals surface area contributed by atoms with E-state index in [-0.39, 0.29) is 0 Å². The van der Waals surface area contributed by atoms with Gasteiger partial charge in [-0.25, -0.2) is 0 Å². The molecule has 0 fully saturated rings. The third-order valence-corrected chi connectivity index (χ3v) is 3.38.